The van der Waals surface area contributed by atoms with Gasteiger partial charge in [0.15, 0.2) is 0 Å². The molecule has 0 aromatic carbocycles. The predicted octanol–water partition coefficient (Wildman–Crippen LogP) is 3.21. The number of thiophene rings is 1. The summed E-state index contributed by atoms with van der Waals surface area (Å²) in [6, 6.07) is 4.32. The first kappa shape index (κ1) is 17.9. The fraction of sp³-hybridized carbons (Fsp3) is 0.529. The first-order valence-electron chi connectivity index (χ1n) is 8.13. The summed E-state index contributed by atoms with van der Waals surface area (Å²) in [6.07, 6.45) is 4.39. The normalized spacial score (nSPS) is 32.9. The molecule has 2 atom stereocenters. The minimum atomic E-state index is 0. The average molecular weight is 386 g/mol. The summed E-state index contributed by atoms with van der Waals surface area (Å²) in [5, 5.41) is 6.46. The molecule has 5 heterocycles. The van der Waals surface area contributed by atoms with Crippen LogP contribution in [-0.2, 0) is 0 Å². The summed E-state index contributed by atoms with van der Waals surface area (Å²) in [5.41, 5.74) is 0.556. The van der Waals surface area contributed by atoms with Crippen molar-refractivity contribution in [3.05, 3.63) is 29.4 Å². The molecular weight excluding hydrogens is 365 g/mol. The number of pyridine rings is 1. The lowest BCUT2D eigenvalue weighted by Crippen LogP contribution is -2.64. The SMILES string of the molecule is Cl.Cl.O=C(NC1[C@@H]2CC3C[C@@H]1CN(C3)C2)c1cc2ccsc2cn1. The van der Waals surface area contributed by atoms with Gasteiger partial charge in [0, 0.05) is 31.9 Å². The van der Waals surface area contributed by atoms with Crippen molar-refractivity contribution in [2.45, 2.75) is 18.9 Å². The monoisotopic (exact) mass is 385 g/mol. The van der Waals surface area contributed by atoms with Crippen LogP contribution < -0.4 is 5.32 Å². The van der Waals surface area contributed by atoms with Crippen LogP contribution in [0, 0.1) is 17.8 Å². The molecule has 0 spiro atoms. The zero-order valence-electron chi connectivity index (χ0n) is 13.2. The van der Waals surface area contributed by atoms with Gasteiger partial charge < -0.3 is 10.2 Å². The van der Waals surface area contributed by atoms with E-state index in [0.717, 1.165) is 29.1 Å². The second-order valence-electron chi connectivity index (χ2n) is 7.10. The zero-order valence-corrected chi connectivity index (χ0v) is 15.6. The van der Waals surface area contributed by atoms with Gasteiger partial charge >= 0.3 is 0 Å². The van der Waals surface area contributed by atoms with Gasteiger partial charge in [0.1, 0.15) is 5.69 Å². The summed E-state index contributed by atoms with van der Waals surface area (Å²) in [7, 11) is 0. The van der Waals surface area contributed by atoms with Crippen molar-refractivity contribution in [2.75, 3.05) is 19.6 Å². The number of carbonyl (C=O) groups excluding carboxylic acids is 1. The maximum absolute atomic E-state index is 12.6. The number of nitrogens with zero attached hydrogens (tertiary/aromatic N) is 2. The number of carbonyl (C=O) groups is 1. The number of nitrogens with one attached hydrogen (secondary N) is 1. The van der Waals surface area contributed by atoms with Crippen molar-refractivity contribution < 1.29 is 4.79 Å². The van der Waals surface area contributed by atoms with E-state index in [1.54, 1.807) is 11.3 Å². The fourth-order valence-electron chi connectivity index (χ4n) is 4.86. The van der Waals surface area contributed by atoms with Gasteiger partial charge in [-0.05, 0) is 53.5 Å². The molecule has 3 aliphatic heterocycles. The lowest BCUT2D eigenvalue weighted by molar-refractivity contribution is -0.0419. The largest absolute Gasteiger partial charge is 0.347 e. The molecule has 2 aromatic rings. The van der Waals surface area contributed by atoms with Gasteiger partial charge in [0.2, 0.25) is 0 Å². The van der Waals surface area contributed by atoms with Gasteiger partial charge in [0.25, 0.3) is 5.91 Å². The summed E-state index contributed by atoms with van der Waals surface area (Å²) < 4.78 is 1.14. The van der Waals surface area contributed by atoms with E-state index in [-0.39, 0.29) is 30.7 Å². The van der Waals surface area contributed by atoms with Crippen molar-refractivity contribution in [1.82, 2.24) is 15.2 Å². The smallest absolute Gasteiger partial charge is 0.270 e. The van der Waals surface area contributed by atoms with Gasteiger partial charge in [-0.2, -0.15) is 0 Å². The highest BCUT2D eigenvalue weighted by Crippen LogP contribution is 2.43. The van der Waals surface area contributed by atoms with E-state index in [4.69, 9.17) is 0 Å². The maximum Gasteiger partial charge on any atom is 0.270 e. The van der Waals surface area contributed by atoms with Crippen LogP contribution in [0.5, 0.6) is 0 Å². The summed E-state index contributed by atoms with van der Waals surface area (Å²) in [5.74, 6) is 2.15. The van der Waals surface area contributed by atoms with Gasteiger partial charge in [-0.3, -0.25) is 4.79 Å². The molecule has 0 radical (unpaired) electrons. The van der Waals surface area contributed by atoms with Crippen LogP contribution in [0.2, 0.25) is 0 Å². The van der Waals surface area contributed by atoms with Crippen LogP contribution in [0.25, 0.3) is 10.1 Å². The topological polar surface area (TPSA) is 45.2 Å². The Labute approximate surface area is 157 Å². The lowest BCUT2D eigenvalue weighted by Gasteiger charge is -2.55. The molecule has 0 unspecified atom stereocenters. The Hall–Kier alpha value is -0.880. The van der Waals surface area contributed by atoms with E-state index in [1.807, 2.05) is 17.6 Å². The third kappa shape index (κ3) is 2.92. The van der Waals surface area contributed by atoms with E-state index in [0.29, 0.717) is 23.6 Å². The molecule has 1 saturated carbocycles. The number of fused-ring (bicyclic) bond motifs is 1. The van der Waals surface area contributed by atoms with E-state index < -0.39 is 0 Å². The number of amides is 1. The Kier molecular flexibility index (Phi) is 5.07. The molecule has 4 aliphatic rings. The predicted molar refractivity (Wildman–Crippen MR) is 102 cm³/mol. The Morgan fingerprint density at radius 1 is 1.21 bits per heavy atom. The van der Waals surface area contributed by atoms with Crippen molar-refractivity contribution in [3.63, 3.8) is 0 Å². The minimum Gasteiger partial charge on any atom is -0.347 e. The molecule has 1 amide bonds. The van der Waals surface area contributed by atoms with E-state index in [2.05, 4.69) is 21.3 Å². The van der Waals surface area contributed by atoms with Crippen molar-refractivity contribution >= 4 is 52.1 Å². The van der Waals surface area contributed by atoms with Crippen LogP contribution in [0.4, 0.5) is 0 Å². The van der Waals surface area contributed by atoms with Crippen molar-refractivity contribution in [2.24, 2.45) is 17.8 Å². The maximum atomic E-state index is 12.6. The van der Waals surface area contributed by atoms with Crippen LogP contribution in [-0.4, -0.2) is 41.5 Å². The number of rotatable bonds is 2. The Bertz CT molecular complexity index is 722. The summed E-state index contributed by atoms with van der Waals surface area (Å²) >= 11 is 1.66. The molecule has 1 N–H and O–H groups in total. The second-order valence-corrected chi connectivity index (χ2v) is 8.05. The van der Waals surface area contributed by atoms with Crippen LogP contribution in [0.3, 0.4) is 0 Å². The number of aromatic nitrogens is 1. The molecule has 130 valence electrons. The number of hydrogen-bond acceptors (Lipinski definition) is 4. The molecular formula is C17H21Cl2N3OS. The number of halogens is 2. The van der Waals surface area contributed by atoms with Gasteiger partial charge in [-0.25, -0.2) is 4.98 Å². The Morgan fingerprint density at radius 3 is 2.67 bits per heavy atom. The number of piperidine rings is 3. The second kappa shape index (κ2) is 6.79. The molecule has 3 saturated heterocycles. The number of hydrogen-bond donors (Lipinski definition) is 1. The molecule has 6 rings (SSSR count). The quantitative estimate of drug-likeness (QED) is 0.862. The van der Waals surface area contributed by atoms with Crippen molar-refractivity contribution in [1.29, 1.82) is 0 Å². The van der Waals surface area contributed by atoms with E-state index in [9.17, 15) is 4.79 Å². The third-order valence-corrected chi connectivity index (χ3v) is 6.53. The van der Waals surface area contributed by atoms with Crippen LogP contribution in [0.1, 0.15) is 23.3 Å². The first-order valence-corrected chi connectivity index (χ1v) is 9.01. The van der Waals surface area contributed by atoms with Crippen LogP contribution in [0.15, 0.2) is 23.7 Å². The minimum absolute atomic E-state index is 0. The standard InChI is InChI=1S/C17H19N3OS.2ClH/c21-17(14-5-11-1-2-22-15(11)6-18-14)19-16-12-3-10-4-13(16)9-20(7-10)8-12;;/h1-2,5-6,10,12-13,16H,3-4,7-9H2,(H,19,21);2*1H/t10?,12-,13-,16?;;/m1../s1. The van der Waals surface area contributed by atoms with Gasteiger partial charge in [0.05, 0.1) is 4.70 Å². The lowest BCUT2D eigenvalue weighted by atomic mass is 9.65. The molecule has 4 nitrogen and oxygen atoms in total. The molecule has 4 fully saturated rings. The highest BCUT2D eigenvalue weighted by Gasteiger charge is 2.47. The van der Waals surface area contributed by atoms with E-state index >= 15 is 0 Å². The van der Waals surface area contributed by atoms with Gasteiger partial charge in [-0.1, -0.05) is 0 Å². The van der Waals surface area contributed by atoms with Crippen LogP contribution >= 0.6 is 36.2 Å². The third-order valence-electron chi connectivity index (χ3n) is 5.66. The van der Waals surface area contributed by atoms with Crippen molar-refractivity contribution in [3.8, 4) is 0 Å². The molecule has 4 bridgehead atoms. The zero-order chi connectivity index (χ0) is 14.7. The molecule has 1 aliphatic carbocycles. The molecule has 7 heteroatoms. The Morgan fingerprint density at radius 2 is 1.96 bits per heavy atom. The first-order chi connectivity index (χ1) is 10.8. The van der Waals surface area contributed by atoms with E-state index in [1.165, 1.54) is 19.4 Å². The highest BCUT2D eigenvalue weighted by molar-refractivity contribution is 7.17. The van der Waals surface area contributed by atoms with Gasteiger partial charge in [-0.15, -0.1) is 36.2 Å². The summed E-state index contributed by atoms with van der Waals surface area (Å²) in [6.45, 7) is 3.61. The molecule has 24 heavy (non-hydrogen) atoms. The molecule has 2 aromatic heterocycles. The summed E-state index contributed by atoms with van der Waals surface area (Å²) in [4.78, 5) is 19.6. The average Bonchev–Trinajstić information content (AvgIpc) is 2.97. The highest BCUT2D eigenvalue weighted by atomic mass is 35.5. The Balaban J connectivity index is 0.000000845. The fourth-order valence-corrected chi connectivity index (χ4v) is 5.60.